The Labute approximate surface area is 240 Å². The minimum absolute atomic E-state index is 0.317. The van der Waals surface area contributed by atoms with E-state index in [2.05, 4.69) is 32.0 Å². The monoisotopic (exact) mass is 559 g/mol. The molecule has 7 nitrogen and oxygen atoms in total. The van der Waals surface area contributed by atoms with E-state index in [-0.39, 0.29) is 5.82 Å². The lowest BCUT2D eigenvalue weighted by atomic mass is 10.0. The Morgan fingerprint density at radius 2 is 1.80 bits per heavy atom. The first-order valence-corrected chi connectivity index (χ1v) is 13.7. The first-order valence-electron chi connectivity index (χ1n) is 13.3. The number of anilines is 3. The van der Waals surface area contributed by atoms with Gasteiger partial charge in [-0.15, -0.1) is 5.10 Å². The molecule has 2 aromatic heterocycles. The van der Waals surface area contributed by atoms with Gasteiger partial charge in [-0.05, 0) is 54.1 Å². The summed E-state index contributed by atoms with van der Waals surface area (Å²) in [5.41, 5.74) is 4.65. The average Bonchev–Trinajstić information content (AvgIpc) is 3.73. The molecule has 0 spiro atoms. The zero-order chi connectivity index (χ0) is 27.9. The van der Waals surface area contributed by atoms with Gasteiger partial charge in [0.25, 0.3) is 0 Å². The lowest BCUT2D eigenvalue weighted by Crippen LogP contribution is -2.13. The third kappa shape index (κ3) is 4.81. The molecule has 1 fully saturated rings. The number of hydrogen-bond donors (Lipinski definition) is 2. The van der Waals surface area contributed by atoms with Gasteiger partial charge in [-0.2, -0.15) is 5.26 Å². The molecule has 1 aliphatic rings. The minimum atomic E-state index is -0.418. The van der Waals surface area contributed by atoms with Crippen molar-refractivity contribution in [3.63, 3.8) is 0 Å². The van der Waals surface area contributed by atoms with Gasteiger partial charge < -0.3 is 10.6 Å². The zero-order valence-corrected chi connectivity index (χ0v) is 22.5. The Morgan fingerprint density at radius 3 is 2.61 bits per heavy atom. The maximum Gasteiger partial charge on any atom is 0.123 e. The average molecular weight is 560 g/mol. The number of aromatic nitrogens is 4. The SMILES string of the molecule is N#Cc1cnc2c(Cl)cc(NC(c3ccc(F)cc3)c3cn(C4CC4)nn3)cc2c1Nc1cccc2ccccc12. The number of nitrogens with zero attached hydrogens (tertiary/aromatic N) is 5. The van der Waals surface area contributed by atoms with Gasteiger partial charge >= 0.3 is 0 Å². The van der Waals surface area contributed by atoms with Gasteiger partial charge in [-0.1, -0.05) is 65.3 Å². The van der Waals surface area contributed by atoms with E-state index in [4.69, 9.17) is 11.6 Å². The van der Waals surface area contributed by atoms with Crippen LogP contribution in [0.25, 0.3) is 21.7 Å². The fourth-order valence-corrected chi connectivity index (χ4v) is 5.39. The molecule has 2 N–H and O–H groups in total. The number of benzene rings is 4. The maximum absolute atomic E-state index is 13.8. The highest BCUT2D eigenvalue weighted by Crippen LogP contribution is 2.38. The Morgan fingerprint density at radius 1 is 1.00 bits per heavy atom. The molecule has 6 aromatic rings. The van der Waals surface area contributed by atoms with E-state index in [1.165, 1.54) is 18.3 Å². The molecule has 1 atom stereocenters. The summed E-state index contributed by atoms with van der Waals surface area (Å²) in [6, 6.07) is 26.3. The molecule has 2 heterocycles. The lowest BCUT2D eigenvalue weighted by Gasteiger charge is -2.20. The van der Waals surface area contributed by atoms with E-state index >= 15 is 0 Å². The summed E-state index contributed by atoms with van der Waals surface area (Å²) < 4.78 is 15.7. The molecule has 1 aliphatic carbocycles. The van der Waals surface area contributed by atoms with Crippen molar-refractivity contribution in [1.82, 2.24) is 20.0 Å². The van der Waals surface area contributed by atoms with E-state index in [9.17, 15) is 9.65 Å². The summed E-state index contributed by atoms with van der Waals surface area (Å²) >= 11 is 6.78. The van der Waals surface area contributed by atoms with Crippen molar-refractivity contribution >= 4 is 50.3 Å². The third-order valence-electron chi connectivity index (χ3n) is 7.35. The van der Waals surface area contributed by atoms with Gasteiger partial charge in [0, 0.05) is 28.3 Å². The van der Waals surface area contributed by atoms with Gasteiger partial charge in [-0.25, -0.2) is 9.07 Å². The molecule has 0 bridgehead atoms. The van der Waals surface area contributed by atoms with Crippen LogP contribution < -0.4 is 10.6 Å². The highest BCUT2D eigenvalue weighted by Gasteiger charge is 2.27. The Hall–Kier alpha value is -5.00. The minimum Gasteiger partial charge on any atom is -0.373 e. The Kier molecular flexibility index (Phi) is 6.22. The van der Waals surface area contributed by atoms with E-state index in [1.807, 2.05) is 59.4 Å². The molecule has 0 saturated heterocycles. The van der Waals surface area contributed by atoms with Crippen molar-refractivity contribution in [3.8, 4) is 6.07 Å². The van der Waals surface area contributed by atoms with Gasteiger partial charge in [0.15, 0.2) is 0 Å². The maximum atomic E-state index is 13.8. The number of rotatable bonds is 7. The third-order valence-corrected chi connectivity index (χ3v) is 7.64. The van der Waals surface area contributed by atoms with E-state index < -0.39 is 6.04 Å². The summed E-state index contributed by atoms with van der Waals surface area (Å²) in [6.07, 6.45) is 5.63. The smallest absolute Gasteiger partial charge is 0.123 e. The predicted molar refractivity (Wildman–Crippen MR) is 159 cm³/mol. The van der Waals surface area contributed by atoms with Crippen LogP contribution in [0.2, 0.25) is 5.02 Å². The van der Waals surface area contributed by atoms with Gasteiger partial charge in [0.2, 0.25) is 0 Å². The Balaban J connectivity index is 1.33. The van der Waals surface area contributed by atoms with Crippen molar-refractivity contribution in [2.45, 2.75) is 24.9 Å². The van der Waals surface area contributed by atoms with E-state index in [0.29, 0.717) is 44.6 Å². The summed E-state index contributed by atoms with van der Waals surface area (Å²) in [4.78, 5) is 4.50. The number of fused-ring (bicyclic) bond motifs is 2. The molecule has 0 amide bonds. The van der Waals surface area contributed by atoms with Crippen LogP contribution in [0.3, 0.4) is 0 Å². The summed E-state index contributed by atoms with van der Waals surface area (Å²) in [5.74, 6) is -0.317. The van der Waals surface area contributed by atoms with Crippen molar-refractivity contribution < 1.29 is 4.39 Å². The van der Waals surface area contributed by atoms with Crippen molar-refractivity contribution in [2.75, 3.05) is 10.6 Å². The molecular weight excluding hydrogens is 537 g/mol. The number of nitriles is 1. The summed E-state index contributed by atoms with van der Waals surface area (Å²) in [7, 11) is 0. The molecule has 1 saturated carbocycles. The summed E-state index contributed by atoms with van der Waals surface area (Å²) in [5, 5.41) is 29.0. The lowest BCUT2D eigenvalue weighted by molar-refractivity contribution is 0.610. The molecule has 1 unspecified atom stereocenters. The molecule has 4 aromatic carbocycles. The van der Waals surface area contributed by atoms with Crippen LogP contribution in [0.4, 0.5) is 21.5 Å². The molecule has 9 heteroatoms. The van der Waals surface area contributed by atoms with Crippen LogP contribution in [0.1, 0.15) is 41.7 Å². The summed E-state index contributed by atoms with van der Waals surface area (Å²) in [6.45, 7) is 0. The number of nitrogens with one attached hydrogen (secondary N) is 2. The largest absolute Gasteiger partial charge is 0.373 e. The normalized spacial score (nSPS) is 13.7. The van der Waals surface area contributed by atoms with E-state index in [0.717, 1.165) is 34.9 Å². The van der Waals surface area contributed by atoms with E-state index in [1.54, 1.807) is 18.2 Å². The highest BCUT2D eigenvalue weighted by molar-refractivity contribution is 6.36. The fourth-order valence-electron chi connectivity index (χ4n) is 5.12. The molecule has 200 valence electrons. The van der Waals surface area contributed by atoms with Crippen LogP contribution in [-0.4, -0.2) is 20.0 Å². The van der Waals surface area contributed by atoms with Gasteiger partial charge in [-0.3, -0.25) is 4.98 Å². The number of hydrogen-bond acceptors (Lipinski definition) is 6. The first kappa shape index (κ1) is 25.0. The number of halogens is 2. The van der Waals surface area contributed by atoms with Crippen LogP contribution in [0, 0.1) is 17.1 Å². The van der Waals surface area contributed by atoms with Crippen LogP contribution in [-0.2, 0) is 0 Å². The van der Waals surface area contributed by atoms with Crippen molar-refractivity contribution in [3.05, 3.63) is 119 Å². The zero-order valence-electron chi connectivity index (χ0n) is 21.7. The Bertz CT molecular complexity index is 1950. The second-order valence-electron chi connectivity index (χ2n) is 10.1. The molecule has 0 aliphatic heterocycles. The second kappa shape index (κ2) is 10.2. The first-order chi connectivity index (χ1) is 20.1. The molecular formula is C32H23ClFN7. The quantitative estimate of drug-likeness (QED) is 0.206. The second-order valence-corrected chi connectivity index (χ2v) is 10.6. The van der Waals surface area contributed by atoms with Crippen LogP contribution >= 0.6 is 11.6 Å². The standard InChI is InChI=1S/C32H23ClFN7/c33-27-15-23(37-31(20-8-10-22(34)11-9-20)29-18-41(40-39-29)24-12-13-24)14-26-30(21(16-35)17-36-32(26)27)38-28-7-3-5-19-4-1-2-6-25(19)28/h1-11,14-15,17-18,24,31,37H,12-13H2,(H,36,38). The fraction of sp³-hybridized carbons (Fsp3) is 0.125. The molecule has 7 rings (SSSR count). The van der Waals surface area contributed by atoms with Crippen LogP contribution in [0.5, 0.6) is 0 Å². The highest BCUT2D eigenvalue weighted by atomic mass is 35.5. The van der Waals surface area contributed by atoms with Crippen LogP contribution in [0.15, 0.2) is 91.3 Å². The molecule has 0 radical (unpaired) electrons. The topological polar surface area (TPSA) is 91.5 Å². The molecule has 41 heavy (non-hydrogen) atoms. The van der Waals surface area contributed by atoms with Crippen molar-refractivity contribution in [1.29, 1.82) is 5.26 Å². The predicted octanol–water partition coefficient (Wildman–Crippen LogP) is 7.92. The number of pyridine rings is 1. The van der Waals surface area contributed by atoms with Crippen molar-refractivity contribution in [2.24, 2.45) is 0 Å². The van der Waals surface area contributed by atoms with Gasteiger partial charge in [0.05, 0.1) is 40.1 Å². The van der Waals surface area contributed by atoms with Gasteiger partial charge in [0.1, 0.15) is 17.6 Å².